The Hall–Kier alpha value is -0.830. The van der Waals surface area contributed by atoms with Crippen molar-refractivity contribution in [3.8, 4) is 0 Å². The van der Waals surface area contributed by atoms with Crippen LogP contribution in [0.5, 0.6) is 0 Å². The molecule has 0 fully saturated rings. The second kappa shape index (κ2) is 2.66. The normalized spacial score (nSPS) is 14.6. The van der Waals surface area contributed by atoms with Gasteiger partial charge >= 0.3 is 0 Å². The van der Waals surface area contributed by atoms with Gasteiger partial charge < -0.3 is 0 Å². The Morgan fingerprint density at radius 3 is 3.09 bits per heavy atom. The third-order valence-electron chi connectivity index (χ3n) is 1.71. The van der Waals surface area contributed by atoms with Crippen LogP contribution < -0.4 is 10.6 Å². The van der Waals surface area contributed by atoms with E-state index in [1.54, 1.807) is 12.4 Å². The number of hydrogen-bond donors (Lipinski definition) is 1. The van der Waals surface area contributed by atoms with Crippen molar-refractivity contribution in [2.45, 2.75) is 11.3 Å². The van der Waals surface area contributed by atoms with Crippen LogP contribution >= 0.6 is 12.6 Å². The van der Waals surface area contributed by atoms with Crippen LogP contribution in [-0.2, 0) is 0 Å². The third-order valence-corrected chi connectivity index (χ3v) is 2.06. The van der Waals surface area contributed by atoms with Crippen LogP contribution in [0, 0.1) is 0 Å². The largest absolute Gasteiger partial charge is 0.283 e. The van der Waals surface area contributed by atoms with Gasteiger partial charge in [0.15, 0.2) is 0 Å². The van der Waals surface area contributed by atoms with E-state index in [1.165, 1.54) is 0 Å². The zero-order chi connectivity index (χ0) is 7.68. The highest BCUT2D eigenvalue weighted by atomic mass is 32.1. The standard InChI is InChI=1S/C8H8N2S/c11-8-5-9-4-7-6(8)2-1-3-10-7/h2,4-5,11H,1,3H2. The Kier molecular flexibility index (Phi) is 1.66. The lowest BCUT2D eigenvalue weighted by atomic mass is 10.2. The zero-order valence-electron chi connectivity index (χ0n) is 5.99. The molecule has 0 aromatic carbocycles. The molecular formula is C8H8N2S. The van der Waals surface area contributed by atoms with Gasteiger partial charge in [-0.25, -0.2) is 0 Å². The zero-order valence-corrected chi connectivity index (χ0v) is 6.88. The summed E-state index contributed by atoms with van der Waals surface area (Å²) in [5.74, 6) is 0. The highest BCUT2D eigenvalue weighted by Crippen LogP contribution is 1.94. The Bertz CT molecular complexity index is 384. The maximum absolute atomic E-state index is 4.31. The number of aromatic nitrogens is 1. The van der Waals surface area contributed by atoms with Crippen molar-refractivity contribution in [2.24, 2.45) is 4.99 Å². The maximum atomic E-state index is 4.31. The van der Waals surface area contributed by atoms with Gasteiger partial charge in [-0.3, -0.25) is 9.98 Å². The summed E-state index contributed by atoms with van der Waals surface area (Å²) in [6, 6.07) is 0. The highest BCUT2D eigenvalue weighted by molar-refractivity contribution is 7.80. The van der Waals surface area contributed by atoms with E-state index in [0.29, 0.717) is 0 Å². The van der Waals surface area contributed by atoms with E-state index in [0.717, 1.165) is 28.4 Å². The summed E-state index contributed by atoms with van der Waals surface area (Å²) in [5, 5.41) is 2.11. The number of rotatable bonds is 0. The molecule has 0 spiro atoms. The molecule has 3 heteroatoms. The molecule has 0 atom stereocenters. The van der Waals surface area contributed by atoms with E-state index >= 15 is 0 Å². The Balaban J connectivity index is 2.88. The van der Waals surface area contributed by atoms with E-state index < -0.39 is 0 Å². The van der Waals surface area contributed by atoms with E-state index in [9.17, 15) is 0 Å². The predicted octanol–water partition coefficient (Wildman–Crippen LogP) is 0.174. The Morgan fingerprint density at radius 2 is 2.27 bits per heavy atom. The molecule has 0 aliphatic carbocycles. The van der Waals surface area contributed by atoms with Gasteiger partial charge in [-0.2, -0.15) is 0 Å². The fourth-order valence-electron chi connectivity index (χ4n) is 1.18. The molecule has 56 valence electrons. The summed E-state index contributed by atoms with van der Waals surface area (Å²) >= 11 is 4.28. The minimum absolute atomic E-state index is 0.881. The average molecular weight is 164 g/mol. The van der Waals surface area contributed by atoms with Gasteiger partial charge in [0.2, 0.25) is 0 Å². The molecule has 0 N–H and O–H groups in total. The molecule has 1 aliphatic heterocycles. The summed E-state index contributed by atoms with van der Waals surface area (Å²) in [4.78, 5) is 9.24. The van der Waals surface area contributed by atoms with Crippen molar-refractivity contribution >= 4 is 18.7 Å². The number of hydrogen-bond acceptors (Lipinski definition) is 3. The summed E-state index contributed by atoms with van der Waals surface area (Å²) < 4.78 is 0. The van der Waals surface area contributed by atoms with Gasteiger partial charge in [-0.05, 0) is 6.42 Å². The molecule has 2 heterocycles. The van der Waals surface area contributed by atoms with Crippen LogP contribution in [0.4, 0.5) is 0 Å². The minimum atomic E-state index is 0.881. The maximum Gasteiger partial charge on any atom is 0.0837 e. The van der Waals surface area contributed by atoms with Gasteiger partial charge in [0, 0.05) is 22.9 Å². The smallest absolute Gasteiger partial charge is 0.0837 e. The van der Waals surface area contributed by atoms with Crippen LogP contribution in [0.3, 0.4) is 0 Å². The number of pyridine rings is 1. The van der Waals surface area contributed by atoms with E-state index in [4.69, 9.17) is 0 Å². The molecule has 1 aromatic rings. The Labute approximate surface area is 70.1 Å². The lowest BCUT2D eigenvalue weighted by molar-refractivity contribution is 0.934. The van der Waals surface area contributed by atoms with Crippen molar-refractivity contribution in [1.82, 2.24) is 4.98 Å². The lowest BCUT2D eigenvalue weighted by Crippen LogP contribution is -2.29. The van der Waals surface area contributed by atoms with Crippen molar-refractivity contribution in [2.75, 3.05) is 6.54 Å². The molecule has 0 saturated carbocycles. The van der Waals surface area contributed by atoms with Crippen molar-refractivity contribution < 1.29 is 0 Å². The fraction of sp³-hybridized carbons (Fsp3) is 0.250. The molecule has 0 bridgehead atoms. The molecule has 0 amide bonds. The monoisotopic (exact) mass is 164 g/mol. The van der Waals surface area contributed by atoms with E-state index in [1.807, 2.05) is 0 Å². The summed E-state index contributed by atoms with van der Waals surface area (Å²) in [5.41, 5.74) is 0. The van der Waals surface area contributed by atoms with Crippen molar-refractivity contribution in [3.05, 3.63) is 23.0 Å². The second-order valence-corrected chi connectivity index (χ2v) is 2.95. The topological polar surface area (TPSA) is 25.2 Å². The van der Waals surface area contributed by atoms with Gasteiger partial charge in [0.05, 0.1) is 11.6 Å². The molecule has 0 radical (unpaired) electrons. The summed E-state index contributed by atoms with van der Waals surface area (Å²) in [7, 11) is 0. The number of thiol groups is 1. The fourth-order valence-corrected chi connectivity index (χ4v) is 1.45. The van der Waals surface area contributed by atoms with Crippen LogP contribution in [0.1, 0.15) is 6.42 Å². The second-order valence-electron chi connectivity index (χ2n) is 2.47. The van der Waals surface area contributed by atoms with Crippen LogP contribution in [-0.4, -0.2) is 11.5 Å². The van der Waals surface area contributed by atoms with Crippen LogP contribution in [0.15, 0.2) is 22.3 Å². The lowest BCUT2D eigenvalue weighted by Gasteiger charge is -1.99. The minimum Gasteiger partial charge on any atom is -0.283 e. The van der Waals surface area contributed by atoms with Crippen LogP contribution in [0.25, 0.3) is 6.08 Å². The number of nitrogens with zero attached hydrogens (tertiary/aromatic N) is 2. The van der Waals surface area contributed by atoms with Crippen molar-refractivity contribution in [3.63, 3.8) is 0 Å². The first kappa shape index (κ1) is 6.85. The third kappa shape index (κ3) is 1.16. The predicted molar refractivity (Wildman–Crippen MR) is 46.2 cm³/mol. The van der Waals surface area contributed by atoms with Gasteiger partial charge in [-0.15, -0.1) is 12.6 Å². The first-order chi connectivity index (χ1) is 5.38. The molecule has 2 nitrogen and oxygen atoms in total. The van der Waals surface area contributed by atoms with Crippen LogP contribution in [0.2, 0.25) is 0 Å². The first-order valence-electron chi connectivity index (χ1n) is 3.55. The highest BCUT2D eigenvalue weighted by Gasteiger charge is 1.96. The molecule has 1 aromatic heterocycles. The summed E-state index contributed by atoms with van der Waals surface area (Å²) in [6.07, 6.45) is 6.71. The Morgan fingerprint density at radius 1 is 1.36 bits per heavy atom. The van der Waals surface area contributed by atoms with Gasteiger partial charge in [-0.1, -0.05) is 6.08 Å². The van der Waals surface area contributed by atoms with E-state index in [-0.39, 0.29) is 0 Å². The first-order valence-corrected chi connectivity index (χ1v) is 4.00. The molecule has 2 rings (SSSR count). The summed E-state index contributed by atoms with van der Waals surface area (Å²) in [6.45, 7) is 0.881. The molecule has 0 saturated heterocycles. The number of fused-ring (bicyclic) bond motifs is 1. The quantitative estimate of drug-likeness (QED) is 0.543. The van der Waals surface area contributed by atoms with Gasteiger partial charge in [0.1, 0.15) is 0 Å². The van der Waals surface area contributed by atoms with Gasteiger partial charge in [0.25, 0.3) is 0 Å². The molecule has 0 unspecified atom stereocenters. The van der Waals surface area contributed by atoms with E-state index in [2.05, 4.69) is 28.7 Å². The average Bonchev–Trinajstić information content (AvgIpc) is 2.06. The molecule has 11 heavy (non-hydrogen) atoms. The SMILES string of the molecule is Sc1cncc2c1=CCCN=2. The molecule has 1 aliphatic rings. The molecular weight excluding hydrogens is 156 g/mol. The van der Waals surface area contributed by atoms with Crippen molar-refractivity contribution in [1.29, 1.82) is 0 Å².